The Morgan fingerprint density at radius 2 is 1.97 bits per heavy atom. The summed E-state index contributed by atoms with van der Waals surface area (Å²) in [6, 6.07) is 8.18. The Kier molecular flexibility index (Phi) is 5.57. The lowest BCUT2D eigenvalue weighted by atomic mass is 10.2. The van der Waals surface area contributed by atoms with Crippen LogP contribution in [0.5, 0.6) is 0 Å². The number of H-pyrrole nitrogens is 1. The summed E-state index contributed by atoms with van der Waals surface area (Å²) in [4.78, 5) is 43.9. The molecule has 0 aliphatic rings. The van der Waals surface area contributed by atoms with Crippen molar-refractivity contribution < 1.29 is 17.6 Å². The minimum Gasteiger partial charge on any atom is -0.306 e. The Labute approximate surface area is 188 Å². The number of hydrogen-bond acceptors (Lipinski definition) is 7. The molecule has 0 atom stereocenters. The number of nitrogens with zero attached hydrogens (tertiary/aromatic N) is 2. The Morgan fingerprint density at radius 3 is 2.62 bits per heavy atom. The van der Waals surface area contributed by atoms with Crippen LogP contribution in [0.25, 0.3) is 16.7 Å². The standard InChI is InChI=1S/C20H13ClFN3O5S2/c1-10-2-3-12-14(6-10)24-20(28)25(19(12)27)18-13(22)7-11(8-23-18)15(26)9-32(29,30)17-5-4-16(21)31-17/h2-8H,9H2,1H3,(H,24,28). The Hall–Kier alpha value is -3.15. The van der Waals surface area contributed by atoms with Crippen LogP contribution in [0.2, 0.25) is 4.34 Å². The number of aromatic amines is 1. The van der Waals surface area contributed by atoms with Gasteiger partial charge in [-0.3, -0.25) is 9.59 Å². The molecule has 0 radical (unpaired) electrons. The van der Waals surface area contributed by atoms with Gasteiger partial charge in [-0.2, -0.15) is 0 Å². The molecule has 0 aliphatic carbocycles. The number of halogens is 2. The summed E-state index contributed by atoms with van der Waals surface area (Å²) in [6.07, 6.45) is 0.920. The molecule has 4 rings (SSSR count). The molecule has 3 aromatic heterocycles. The molecule has 0 saturated carbocycles. The van der Waals surface area contributed by atoms with E-state index in [-0.39, 0.29) is 19.5 Å². The first-order valence-electron chi connectivity index (χ1n) is 9.00. The van der Waals surface area contributed by atoms with Crippen LogP contribution >= 0.6 is 22.9 Å². The molecule has 164 valence electrons. The first-order chi connectivity index (χ1) is 15.1. The van der Waals surface area contributed by atoms with Crippen molar-refractivity contribution in [1.29, 1.82) is 0 Å². The van der Waals surface area contributed by atoms with Gasteiger partial charge < -0.3 is 4.98 Å². The van der Waals surface area contributed by atoms with Crippen molar-refractivity contribution in [3.05, 3.63) is 84.7 Å². The minimum atomic E-state index is -3.98. The van der Waals surface area contributed by atoms with E-state index in [0.717, 1.165) is 29.2 Å². The van der Waals surface area contributed by atoms with E-state index in [9.17, 15) is 27.2 Å². The molecule has 1 aromatic carbocycles. The van der Waals surface area contributed by atoms with E-state index < -0.39 is 44.3 Å². The number of hydrogen-bond donors (Lipinski definition) is 1. The highest BCUT2D eigenvalue weighted by Crippen LogP contribution is 2.27. The number of aryl methyl sites for hydroxylation is 1. The number of fused-ring (bicyclic) bond motifs is 1. The summed E-state index contributed by atoms with van der Waals surface area (Å²) in [6.45, 7) is 1.79. The third-order valence-corrected chi connectivity index (χ3v) is 8.01. The Morgan fingerprint density at radius 1 is 1.22 bits per heavy atom. The second-order valence-corrected chi connectivity index (χ2v) is 10.8. The van der Waals surface area contributed by atoms with Crippen molar-refractivity contribution in [1.82, 2.24) is 14.5 Å². The van der Waals surface area contributed by atoms with Gasteiger partial charge >= 0.3 is 5.69 Å². The normalized spacial score (nSPS) is 11.7. The monoisotopic (exact) mass is 493 g/mol. The van der Waals surface area contributed by atoms with E-state index >= 15 is 0 Å². The molecule has 4 aromatic rings. The zero-order chi connectivity index (χ0) is 23.2. The van der Waals surface area contributed by atoms with E-state index in [1.807, 2.05) is 0 Å². The average molecular weight is 494 g/mol. The van der Waals surface area contributed by atoms with E-state index in [4.69, 9.17) is 11.6 Å². The summed E-state index contributed by atoms with van der Waals surface area (Å²) in [5.41, 5.74) is -0.903. The molecule has 0 amide bonds. The fourth-order valence-electron chi connectivity index (χ4n) is 3.06. The highest BCUT2D eigenvalue weighted by atomic mass is 35.5. The largest absolute Gasteiger partial charge is 0.334 e. The van der Waals surface area contributed by atoms with Gasteiger partial charge in [-0.05, 0) is 42.8 Å². The van der Waals surface area contributed by atoms with E-state index in [1.54, 1.807) is 19.1 Å². The molecule has 0 aliphatic heterocycles. The smallest absolute Gasteiger partial charge is 0.306 e. The predicted octanol–water partition coefficient (Wildman–Crippen LogP) is 2.89. The number of Topliss-reactive ketones (excluding diaryl/α,β-unsaturated/α-hetero) is 1. The summed E-state index contributed by atoms with van der Waals surface area (Å²) < 4.78 is 40.2. The van der Waals surface area contributed by atoms with Crippen LogP contribution in [0.4, 0.5) is 4.39 Å². The second kappa shape index (κ2) is 8.08. The molecule has 0 bridgehead atoms. The topological polar surface area (TPSA) is 119 Å². The SMILES string of the molecule is Cc1ccc2c(=O)n(-c3ncc(C(=O)CS(=O)(=O)c4ccc(Cl)s4)cc3F)c(=O)[nH]c2c1. The highest BCUT2D eigenvalue weighted by Gasteiger charge is 2.24. The van der Waals surface area contributed by atoms with Crippen molar-refractivity contribution in [2.45, 2.75) is 11.1 Å². The van der Waals surface area contributed by atoms with Crippen LogP contribution in [0.1, 0.15) is 15.9 Å². The molecule has 8 nitrogen and oxygen atoms in total. The van der Waals surface area contributed by atoms with Crippen LogP contribution < -0.4 is 11.2 Å². The van der Waals surface area contributed by atoms with Crippen LogP contribution in [0.3, 0.4) is 0 Å². The Balaban J connectivity index is 1.72. The highest BCUT2D eigenvalue weighted by molar-refractivity contribution is 7.94. The maximum absolute atomic E-state index is 14.8. The van der Waals surface area contributed by atoms with Crippen molar-refractivity contribution in [3.8, 4) is 5.82 Å². The molecular weight excluding hydrogens is 481 g/mol. The molecule has 0 fully saturated rings. The third kappa shape index (κ3) is 4.01. The zero-order valence-corrected chi connectivity index (χ0v) is 18.6. The van der Waals surface area contributed by atoms with Gasteiger partial charge in [0.15, 0.2) is 27.3 Å². The number of pyridine rings is 1. The van der Waals surface area contributed by atoms with Crippen molar-refractivity contribution >= 4 is 49.5 Å². The number of carbonyl (C=O) groups is 1. The summed E-state index contributed by atoms with van der Waals surface area (Å²) >= 11 is 6.54. The van der Waals surface area contributed by atoms with Crippen LogP contribution in [0.15, 0.2) is 56.4 Å². The van der Waals surface area contributed by atoms with Gasteiger partial charge in [0.25, 0.3) is 5.56 Å². The summed E-state index contributed by atoms with van der Waals surface area (Å²) in [5.74, 6) is -3.56. The molecule has 0 spiro atoms. The number of aromatic nitrogens is 3. The van der Waals surface area contributed by atoms with Crippen LogP contribution in [-0.4, -0.2) is 34.5 Å². The fraction of sp³-hybridized carbons (Fsp3) is 0.100. The molecule has 32 heavy (non-hydrogen) atoms. The number of rotatable bonds is 5. The second-order valence-electron chi connectivity index (χ2n) is 6.89. The third-order valence-electron chi connectivity index (χ3n) is 4.58. The van der Waals surface area contributed by atoms with Crippen LogP contribution in [0, 0.1) is 12.7 Å². The Bertz CT molecular complexity index is 1620. The van der Waals surface area contributed by atoms with E-state index in [0.29, 0.717) is 10.1 Å². The summed E-state index contributed by atoms with van der Waals surface area (Å²) in [5, 5.41) is 0.150. The van der Waals surface area contributed by atoms with Gasteiger partial charge in [0, 0.05) is 11.8 Å². The quantitative estimate of drug-likeness (QED) is 0.427. The number of benzene rings is 1. The maximum Gasteiger partial charge on any atom is 0.334 e. The molecule has 12 heteroatoms. The van der Waals surface area contributed by atoms with Gasteiger partial charge in [-0.15, -0.1) is 11.3 Å². The van der Waals surface area contributed by atoms with Crippen molar-refractivity contribution in [2.24, 2.45) is 0 Å². The zero-order valence-electron chi connectivity index (χ0n) is 16.3. The van der Waals surface area contributed by atoms with Gasteiger partial charge in [0.1, 0.15) is 9.96 Å². The molecular formula is C20H13ClFN3O5S2. The molecule has 1 N–H and O–H groups in total. The van der Waals surface area contributed by atoms with Crippen molar-refractivity contribution in [2.75, 3.05) is 5.75 Å². The fourth-order valence-corrected chi connectivity index (χ4v) is 5.86. The number of carbonyl (C=O) groups excluding carboxylic acids is 1. The van der Waals surface area contributed by atoms with E-state index in [1.165, 1.54) is 18.2 Å². The number of thiophene rings is 1. The maximum atomic E-state index is 14.8. The first kappa shape index (κ1) is 22.1. The van der Waals surface area contributed by atoms with Crippen LogP contribution in [-0.2, 0) is 9.84 Å². The molecule has 0 unspecified atom stereocenters. The average Bonchev–Trinajstić information content (AvgIpc) is 3.16. The van der Waals surface area contributed by atoms with Gasteiger partial charge in [0.2, 0.25) is 0 Å². The minimum absolute atomic E-state index is 0.0922. The van der Waals surface area contributed by atoms with Gasteiger partial charge in [-0.1, -0.05) is 17.7 Å². The predicted molar refractivity (Wildman–Crippen MR) is 118 cm³/mol. The van der Waals surface area contributed by atoms with Gasteiger partial charge in [-0.25, -0.2) is 27.2 Å². The van der Waals surface area contributed by atoms with Gasteiger partial charge in [0.05, 0.1) is 15.2 Å². The lowest BCUT2D eigenvalue weighted by Crippen LogP contribution is -2.35. The number of sulfone groups is 1. The summed E-state index contributed by atoms with van der Waals surface area (Å²) in [7, 11) is -3.98. The van der Waals surface area contributed by atoms with E-state index in [2.05, 4.69) is 9.97 Å². The number of nitrogens with one attached hydrogen (secondary N) is 1. The lowest BCUT2D eigenvalue weighted by molar-refractivity contribution is 0.102. The number of ketones is 1. The first-order valence-corrected chi connectivity index (χ1v) is 11.8. The lowest BCUT2D eigenvalue weighted by Gasteiger charge is -2.08. The van der Waals surface area contributed by atoms with Crippen molar-refractivity contribution in [3.63, 3.8) is 0 Å². The molecule has 0 saturated heterocycles. The molecule has 3 heterocycles.